The lowest BCUT2D eigenvalue weighted by Gasteiger charge is -2.62. The Morgan fingerprint density at radius 3 is 1.29 bits per heavy atom. The highest BCUT2D eigenvalue weighted by atomic mass is 16.2. The fourth-order valence-corrected chi connectivity index (χ4v) is 10.3. The van der Waals surface area contributed by atoms with Crippen molar-refractivity contribution < 1.29 is 4.79 Å². The monoisotopic (exact) mass is 621 g/mol. The average Bonchev–Trinajstić information content (AvgIpc) is 3.25. The summed E-state index contributed by atoms with van der Waals surface area (Å²) in [7, 11) is 0. The van der Waals surface area contributed by atoms with Crippen molar-refractivity contribution in [2.75, 3.05) is 0 Å². The van der Waals surface area contributed by atoms with Crippen molar-refractivity contribution in [2.45, 2.75) is 44.1 Å². The molecule has 0 saturated heterocycles. The molecule has 10 rings (SSSR count). The van der Waals surface area contributed by atoms with Gasteiger partial charge >= 0.3 is 6.85 Å². The average molecular weight is 622 g/mol. The molecule has 234 valence electrons. The van der Waals surface area contributed by atoms with Gasteiger partial charge in [-0.25, -0.2) is 0 Å². The molecule has 3 heteroatoms. The molecular formula is C45H40BNO. The van der Waals surface area contributed by atoms with Crippen molar-refractivity contribution in [2.24, 2.45) is 17.8 Å². The van der Waals surface area contributed by atoms with E-state index in [4.69, 9.17) is 0 Å². The van der Waals surface area contributed by atoms with Crippen LogP contribution >= 0.6 is 0 Å². The molecule has 1 amide bonds. The van der Waals surface area contributed by atoms with Crippen molar-refractivity contribution in [1.82, 2.24) is 4.81 Å². The molecule has 5 aromatic carbocycles. The van der Waals surface area contributed by atoms with Gasteiger partial charge in [-0.1, -0.05) is 157 Å². The van der Waals surface area contributed by atoms with Gasteiger partial charge in [0, 0.05) is 11.1 Å². The summed E-state index contributed by atoms with van der Waals surface area (Å²) in [6.07, 6.45) is 7.26. The van der Waals surface area contributed by atoms with E-state index in [0.29, 0.717) is 17.8 Å². The number of nitrogens with zero attached hydrogens (tertiary/aromatic N) is 1. The van der Waals surface area contributed by atoms with Crippen molar-refractivity contribution in [3.8, 4) is 0 Å². The van der Waals surface area contributed by atoms with Crippen LogP contribution in [0.1, 0.15) is 60.8 Å². The van der Waals surface area contributed by atoms with E-state index in [2.05, 4.69) is 156 Å². The lowest BCUT2D eigenvalue weighted by molar-refractivity contribution is -0.133. The third-order valence-corrected chi connectivity index (χ3v) is 11.6. The lowest BCUT2D eigenvalue weighted by Crippen LogP contribution is -2.68. The normalized spacial score (nSPS) is 25.1. The molecule has 0 unspecified atom stereocenters. The number of hydrogen-bond donors (Lipinski definition) is 0. The summed E-state index contributed by atoms with van der Waals surface area (Å²) in [5, 5.41) is 0. The summed E-state index contributed by atoms with van der Waals surface area (Å²) in [5.41, 5.74) is 9.49. The molecule has 5 aliphatic rings. The minimum absolute atomic E-state index is 0.162. The molecule has 0 aromatic heterocycles. The molecular weight excluding hydrogens is 581 g/mol. The highest BCUT2D eigenvalue weighted by Gasteiger charge is 2.58. The Labute approximate surface area is 284 Å². The number of carbonyl (C=O) groups excluding carboxylic acids is 1. The van der Waals surface area contributed by atoms with Gasteiger partial charge in [-0.2, -0.15) is 0 Å². The molecule has 4 fully saturated rings. The van der Waals surface area contributed by atoms with Crippen molar-refractivity contribution in [1.29, 1.82) is 0 Å². The molecule has 0 radical (unpaired) electrons. The van der Waals surface area contributed by atoms with E-state index in [1.165, 1.54) is 30.2 Å². The number of hydrogen-bond acceptors (Lipinski definition) is 1. The summed E-state index contributed by atoms with van der Waals surface area (Å²) in [6.45, 7) is -0.257. The summed E-state index contributed by atoms with van der Waals surface area (Å²) < 4.78 is 0. The van der Waals surface area contributed by atoms with E-state index in [1.54, 1.807) is 0 Å². The zero-order valence-electron chi connectivity index (χ0n) is 27.3. The van der Waals surface area contributed by atoms with Gasteiger partial charge in [-0.3, -0.25) is 4.79 Å². The predicted molar refractivity (Wildman–Crippen MR) is 199 cm³/mol. The highest BCUT2D eigenvalue weighted by molar-refractivity contribution is 6.92. The van der Waals surface area contributed by atoms with Crippen LogP contribution in [0.5, 0.6) is 0 Å². The zero-order valence-corrected chi connectivity index (χ0v) is 27.3. The lowest BCUT2D eigenvalue weighted by atomic mass is 9.41. The van der Waals surface area contributed by atoms with Gasteiger partial charge in [0.05, 0.1) is 5.57 Å². The van der Waals surface area contributed by atoms with Crippen LogP contribution in [0.4, 0.5) is 0 Å². The molecule has 48 heavy (non-hydrogen) atoms. The van der Waals surface area contributed by atoms with E-state index in [9.17, 15) is 0 Å². The number of rotatable bonds is 6. The van der Waals surface area contributed by atoms with Crippen LogP contribution in [0.15, 0.2) is 152 Å². The minimum atomic E-state index is -0.257. The summed E-state index contributed by atoms with van der Waals surface area (Å²) >= 11 is 0. The van der Waals surface area contributed by atoms with E-state index in [1.807, 2.05) is 0 Å². The van der Waals surface area contributed by atoms with Crippen LogP contribution in [0, 0.1) is 17.8 Å². The third kappa shape index (κ3) is 4.91. The smallest absolute Gasteiger partial charge is 0.327 e. The molecule has 0 spiro atoms. The molecule has 5 aromatic rings. The van der Waals surface area contributed by atoms with Crippen molar-refractivity contribution >= 4 is 40.4 Å². The van der Waals surface area contributed by atoms with E-state index < -0.39 is 0 Å². The molecule has 1 aliphatic heterocycles. The maximum Gasteiger partial charge on any atom is 0.327 e. The highest BCUT2D eigenvalue weighted by Crippen LogP contribution is 2.60. The van der Waals surface area contributed by atoms with Gasteiger partial charge in [0.15, 0.2) is 0 Å². The van der Waals surface area contributed by atoms with Crippen LogP contribution in [0.2, 0.25) is 0 Å². The van der Waals surface area contributed by atoms with Gasteiger partial charge in [0.2, 0.25) is 5.91 Å². The fourth-order valence-electron chi connectivity index (χ4n) is 10.3. The number of benzene rings is 5. The van der Waals surface area contributed by atoms with Crippen LogP contribution in [0.3, 0.4) is 0 Å². The Bertz CT molecular complexity index is 1970. The van der Waals surface area contributed by atoms with E-state index >= 15 is 4.79 Å². The second kappa shape index (κ2) is 12.0. The minimum Gasteiger partial charge on any atom is -0.368 e. The molecule has 4 saturated carbocycles. The number of carbonyl (C=O) groups is 1. The zero-order chi connectivity index (χ0) is 32.1. The van der Waals surface area contributed by atoms with Crippen molar-refractivity contribution in [3.05, 3.63) is 174 Å². The molecule has 2 nitrogen and oxygen atoms in total. The Kier molecular flexibility index (Phi) is 7.30. The second-order valence-electron chi connectivity index (χ2n) is 14.6. The SMILES string of the molecule is O=C1C(c2ccccc2)=C(c2ccccc2)C(c2ccccc2)=C(c2ccccc2)B(c2ccccc2)N1C12CC3CC(CC(C3)C1)C2. The molecule has 0 N–H and O–H groups in total. The first-order valence-corrected chi connectivity index (χ1v) is 17.8. The first-order valence-electron chi connectivity index (χ1n) is 17.8. The van der Waals surface area contributed by atoms with E-state index in [-0.39, 0.29) is 18.3 Å². The molecule has 4 bridgehead atoms. The van der Waals surface area contributed by atoms with Crippen LogP contribution in [-0.4, -0.2) is 23.1 Å². The summed E-state index contributed by atoms with van der Waals surface area (Å²) in [4.78, 5) is 18.7. The Hall–Kier alpha value is -4.89. The van der Waals surface area contributed by atoms with Crippen molar-refractivity contribution in [3.63, 3.8) is 0 Å². The van der Waals surface area contributed by atoms with Gasteiger partial charge < -0.3 is 4.81 Å². The van der Waals surface area contributed by atoms with Crippen LogP contribution < -0.4 is 5.46 Å². The molecule has 4 aliphatic carbocycles. The second-order valence-corrected chi connectivity index (χ2v) is 14.6. The predicted octanol–water partition coefficient (Wildman–Crippen LogP) is 9.46. The molecule has 0 atom stereocenters. The first kappa shape index (κ1) is 29.3. The topological polar surface area (TPSA) is 20.3 Å². The van der Waals surface area contributed by atoms with Gasteiger partial charge in [-0.05, 0) is 89.6 Å². The largest absolute Gasteiger partial charge is 0.368 e. The fraction of sp³-hybridized carbons (Fsp3) is 0.222. The van der Waals surface area contributed by atoms with Gasteiger partial charge in [0.25, 0.3) is 0 Å². The number of allylic oxidation sites excluding steroid dienone is 2. The Morgan fingerprint density at radius 1 is 0.458 bits per heavy atom. The van der Waals surface area contributed by atoms with Gasteiger partial charge in [0.1, 0.15) is 0 Å². The summed E-state index contributed by atoms with van der Waals surface area (Å²) in [5.74, 6) is 2.24. The van der Waals surface area contributed by atoms with Gasteiger partial charge in [-0.15, -0.1) is 0 Å². The first-order chi connectivity index (χ1) is 23.7. The van der Waals surface area contributed by atoms with Crippen LogP contribution in [-0.2, 0) is 4.79 Å². The van der Waals surface area contributed by atoms with Crippen LogP contribution in [0.25, 0.3) is 22.2 Å². The Balaban J connectivity index is 1.46. The van der Waals surface area contributed by atoms with E-state index in [0.717, 1.165) is 58.2 Å². The Morgan fingerprint density at radius 2 is 0.833 bits per heavy atom. The third-order valence-electron chi connectivity index (χ3n) is 11.6. The maximum absolute atomic E-state index is 16.2. The summed E-state index contributed by atoms with van der Waals surface area (Å²) in [6, 6.07) is 53.8. The quantitative estimate of drug-likeness (QED) is 0.173. The number of amides is 1. The standard InChI is InChI=1S/C45H40BNO/c48-44-42(37-20-10-3-11-21-37)40(35-16-6-1-7-17-35)41(36-18-8-2-9-19-36)43(38-22-12-4-13-23-38)46(39-24-14-5-15-25-39)47(44)45-29-32-26-33(30-45)28-34(27-32)31-45/h1-25,32-34H,26-31H2. The maximum atomic E-state index is 16.2. The molecule has 1 heterocycles.